The SMILES string of the molecule is Cc1ccc(F)c(C(=O)N2NN(N)C(C(=O)c3c(F)cccc3F)=C2Nc2ccc(S(N)(=O)=O)cc2)c1F. The van der Waals surface area contributed by atoms with Gasteiger partial charge in [-0.25, -0.2) is 47.1 Å². The number of ketones is 1. The number of sulfonamides is 1. The van der Waals surface area contributed by atoms with Gasteiger partial charge < -0.3 is 5.32 Å². The molecule has 38 heavy (non-hydrogen) atoms. The number of carbonyl (C=O) groups excluding carboxylic acids is 2. The van der Waals surface area contributed by atoms with Gasteiger partial charge in [-0.3, -0.25) is 9.59 Å². The molecule has 0 radical (unpaired) electrons. The summed E-state index contributed by atoms with van der Waals surface area (Å²) in [6.45, 7) is 1.29. The van der Waals surface area contributed by atoms with Gasteiger partial charge in [0.2, 0.25) is 15.8 Å². The van der Waals surface area contributed by atoms with Crippen LogP contribution in [0.3, 0.4) is 0 Å². The Morgan fingerprint density at radius 2 is 1.47 bits per heavy atom. The Bertz CT molecular complexity index is 1590. The van der Waals surface area contributed by atoms with Crippen molar-refractivity contribution < 1.29 is 35.6 Å². The van der Waals surface area contributed by atoms with Crippen LogP contribution in [0.15, 0.2) is 71.0 Å². The number of benzene rings is 3. The van der Waals surface area contributed by atoms with Crippen LogP contribution >= 0.6 is 0 Å². The normalized spacial score (nSPS) is 13.8. The molecule has 0 unspecified atom stereocenters. The van der Waals surface area contributed by atoms with Crippen molar-refractivity contribution in [1.29, 1.82) is 0 Å². The van der Waals surface area contributed by atoms with Crippen LogP contribution in [0.1, 0.15) is 26.3 Å². The number of Topliss-reactive ketones (excluding diaryl/α,β-unsaturated/α-hetero) is 1. The number of allylic oxidation sites excluding steroid dienone is 1. The summed E-state index contributed by atoms with van der Waals surface area (Å²) in [5, 5.41) is 8.57. The summed E-state index contributed by atoms with van der Waals surface area (Å²) in [7, 11) is -4.06. The van der Waals surface area contributed by atoms with Gasteiger partial charge >= 0.3 is 0 Å². The molecule has 1 aliphatic rings. The highest BCUT2D eigenvalue weighted by Gasteiger charge is 2.40. The van der Waals surface area contributed by atoms with E-state index in [9.17, 15) is 35.6 Å². The van der Waals surface area contributed by atoms with Gasteiger partial charge in [0.25, 0.3) is 5.91 Å². The molecule has 198 valence electrons. The van der Waals surface area contributed by atoms with E-state index in [1.54, 1.807) is 0 Å². The van der Waals surface area contributed by atoms with E-state index in [0.717, 1.165) is 42.5 Å². The predicted octanol–water partition coefficient (Wildman–Crippen LogP) is 2.41. The molecule has 1 amide bonds. The fourth-order valence-corrected chi connectivity index (χ4v) is 4.08. The van der Waals surface area contributed by atoms with E-state index in [4.69, 9.17) is 11.0 Å². The average Bonchev–Trinajstić information content (AvgIpc) is 3.16. The number of hydrazine groups is 3. The van der Waals surface area contributed by atoms with Crippen LogP contribution in [0, 0.1) is 30.2 Å². The van der Waals surface area contributed by atoms with Crippen LogP contribution in [0.5, 0.6) is 0 Å². The summed E-state index contributed by atoms with van der Waals surface area (Å²) in [5.41, 5.74) is -0.572. The summed E-state index contributed by atoms with van der Waals surface area (Å²) < 4.78 is 81.3. The molecule has 6 N–H and O–H groups in total. The molecule has 0 saturated carbocycles. The van der Waals surface area contributed by atoms with Gasteiger partial charge in [0.15, 0.2) is 11.5 Å². The zero-order valence-corrected chi connectivity index (χ0v) is 20.1. The van der Waals surface area contributed by atoms with Crippen molar-refractivity contribution in [2.75, 3.05) is 5.32 Å². The largest absolute Gasteiger partial charge is 0.338 e. The van der Waals surface area contributed by atoms with Crippen molar-refractivity contribution in [3.8, 4) is 0 Å². The first-order valence-electron chi connectivity index (χ1n) is 10.5. The maximum atomic E-state index is 14.8. The number of carbonyl (C=O) groups is 2. The van der Waals surface area contributed by atoms with Crippen LogP contribution < -0.4 is 21.8 Å². The second-order valence-corrected chi connectivity index (χ2v) is 9.54. The Morgan fingerprint density at radius 1 is 0.895 bits per heavy atom. The number of rotatable bonds is 6. The van der Waals surface area contributed by atoms with Crippen molar-refractivity contribution in [3.63, 3.8) is 0 Å². The number of aryl methyl sites for hydroxylation is 1. The Kier molecular flexibility index (Phi) is 6.94. The Morgan fingerprint density at radius 3 is 2.05 bits per heavy atom. The lowest BCUT2D eigenvalue weighted by Crippen LogP contribution is -2.49. The number of amides is 1. The molecule has 10 nitrogen and oxygen atoms in total. The van der Waals surface area contributed by atoms with Crippen molar-refractivity contribution in [2.45, 2.75) is 11.8 Å². The molecule has 0 aromatic heterocycles. The van der Waals surface area contributed by atoms with Crippen molar-refractivity contribution in [2.24, 2.45) is 11.0 Å². The minimum Gasteiger partial charge on any atom is -0.338 e. The molecule has 1 heterocycles. The third-order valence-electron chi connectivity index (χ3n) is 5.45. The van der Waals surface area contributed by atoms with Gasteiger partial charge in [-0.15, -0.1) is 5.53 Å². The van der Waals surface area contributed by atoms with E-state index in [1.807, 2.05) is 0 Å². The minimum atomic E-state index is -4.06. The quantitative estimate of drug-likeness (QED) is 0.208. The second kappa shape index (κ2) is 9.86. The van der Waals surface area contributed by atoms with E-state index >= 15 is 0 Å². The summed E-state index contributed by atoms with van der Waals surface area (Å²) in [5.74, 6) is -2.35. The molecule has 15 heteroatoms. The van der Waals surface area contributed by atoms with Gasteiger partial charge in [-0.2, -0.15) is 0 Å². The fraction of sp³-hybridized carbons (Fsp3) is 0.0435. The summed E-state index contributed by atoms with van der Waals surface area (Å²) >= 11 is 0. The lowest BCUT2D eigenvalue weighted by molar-refractivity contribution is 0.0580. The maximum Gasteiger partial charge on any atom is 0.281 e. The Labute approximate surface area is 213 Å². The standard InChI is InChI=1S/C23H18F4N6O4S/c1-11-5-10-16(26)18(19(11)27)23(35)32-22(30-12-6-8-13(9-7-12)38(29,36)37)20(33(28)31-32)21(34)17-14(24)3-2-4-15(17)25/h2-10,30-31H,28H2,1H3,(H2,29,36,37). The van der Waals surface area contributed by atoms with Gasteiger partial charge in [-0.1, -0.05) is 12.1 Å². The summed E-state index contributed by atoms with van der Waals surface area (Å²) in [4.78, 5) is 26.3. The van der Waals surface area contributed by atoms with Crippen LogP contribution in [0.25, 0.3) is 0 Å². The number of anilines is 1. The molecule has 4 rings (SSSR count). The third kappa shape index (κ3) is 4.82. The monoisotopic (exact) mass is 550 g/mol. The molecule has 0 atom stereocenters. The van der Waals surface area contributed by atoms with E-state index in [0.29, 0.717) is 10.1 Å². The van der Waals surface area contributed by atoms with Gasteiger partial charge in [0.05, 0.1) is 10.5 Å². The highest BCUT2D eigenvalue weighted by atomic mass is 32.2. The maximum absolute atomic E-state index is 14.8. The molecule has 0 fully saturated rings. The number of hydrogen-bond donors (Lipinski definition) is 4. The van der Waals surface area contributed by atoms with E-state index in [-0.39, 0.29) is 16.1 Å². The highest BCUT2D eigenvalue weighted by Crippen LogP contribution is 2.29. The minimum absolute atomic E-state index is 0.0341. The Hall–Kier alpha value is -4.31. The van der Waals surface area contributed by atoms with Crippen LogP contribution in [-0.4, -0.2) is 30.2 Å². The molecule has 0 spiro atoms. The first-order chi connectivity index (χ1) is 17.8. The zero-order chi connectivity index (χ0) is 27.9. The molecule has 0 bridgehead atoms. The van der Waals surface area contributed by atoms with Crippen molar-refractivity contribution in [3.05, 3.63) is 106 Å². The van der Waals surface area contributed by atoms with E-state index < -0.39 is 67.6 Å². The topological polar surface area (TPSA) is 151 Å². The number of hydrogen-bond acceptors (Lipinski definition) is 8. The first kappa shape index (κ1) is 26.7. The number of nitrogens with one attached hydrogen (secondary N) is 2. The first-order valence-corrected chi connectivity index (χ1v) is 12.1. The van der Waals surface area contributed by atoms with Gasteiger partial charge in [0.1, 0.15) is 28.8 Å². The predicted molar refractivity (Wildman–Crippen MR) is 126 cm³/mol. The van der Waals surface area contributed by atoms with Gasteiger partial charge in [0, 0.05) is 5.69 Å². The lowest BCUT2D eigenvalue weighted by Gasteiger charge is -2.22. The number of primary sulfonamides is 1. The molecule has 0 aliphatic carbocycles. The van der Waals surface area contributed by atoms with Crippen molar-refractivity contribution in [1.82, 2.24) is 15.7 Å². The molecular weight excluding hydrogens is 532 g/mol. The average molecular weight is 550 g/mol. The van der Waals surface area contributed by atoms with Gasteiger partial charge in [-0.05, 0) is 55.0 Å². The lowest BCUT2D eigenvalue weighted by atomic mass is 10.1. The zero-order valence-electron chi connectivity index (χ0n) is 19.3. The molecule has 1 aliphatic heterocycles. The van der Waals surface area contributed by atoms with Crippen LogP contribution in [0.4, 0.5) is 23.2 Å². The second-order valence-electron chi connectivity index (χ2n) is 7.98. The molecule has 0 saturated heterocycles. The summed E-state index contributed by atoms with van der Waals surface area (Å²) in [6, 6.07) is 9.17. The number of halogens is 4. The van der Waals surface area contributed by atoms with E-state index in [1.165, 1.54) is 19.1 Å². The van der Waals surface area contributed by atoms with E-state index in [2.05, 4.69) is 10.9 Å². The highest BCUT2D eigenvalue weighted by molar-refractivity contribution is 7.89. The molecule has 3 aromatic carbocycles. The van der Waals surface area contributed by atoms with Crippen molar-refractivity contribution >= 4 is 27.4 Å². The number of nitrogens with two attached hydrogens (primary N) is 2. The Balaban J connectivity index is 1.87. The molecule has 3 aromatic rings. The van der Waals surface area contributed by atoms with Crippen LogP contribution in [0.2, 0.25) is 0 Å². The third-order valence-corrected chi connectivity index (χ3v) is 6.38. The number of nitrogens with zero attached hydrogens (tertiary/aromatic N) is 2. The fourth-order valence-electron chi connectivity index (χ4n) is 3.57. The smallest absolute Gasteiger partial charge is 0.281 e. The van der Waals surface area contributed by atoms with Crippen LogP contribution in [-0.2, 0) is 10.0 Å². The summed E-state index contributed by atoms with van der Waals surface area (Å²) in [6.07, 6.45) is 0. The molecular formula is C23H18F4N6O4S.